The van der Waals surface area contributed by atoms with Crippen LogP contribution in [0.5, 0.6) is 0 Å². The quantitative estimate of drug-likeness (QED) is 0.505. The summed E-state index contributed by atoms with van der Waals surface area (Å²) in [6.45, 7) is 0. The lowest BCUT2D eigenvalue weighted by Crippen LogP contribution is -2.31. The number of nitriles is 1. The van der Waals surface area contributed by atoms with Crippen LogP contribution in [-0.4, -0.2) is 17.6 Å². The zero-order chi connectivity index (χ0) is 21.0. The molecule has 0 saturated carbocycles. The topological polar surface area (TPSA) is 82.0 Å². The minimum atomic E-state index is -0.349. The van der Waals surface area contributed by atoms with E-state index in [1.807, 2.05) is 24.3 Å². The molecule has 0 saturated heterocycles. The van der Waals surface area contributed by atoms with Crippen LogP contribution in [0.3, 0.4) is 0 Å². The molecule has 2 amide bonds. The Hall–Kier alpha value is -1.79. The summed E-state index contributed by atoms with van der Waals surface area (Å²) in [6, 6.07) is 14.9. The van der Waals surface area contributed by atoms with Gasteiger partial charge < -0.3 is 10.6 Å². The molecule has 1 atom stereocenters. The fourth-order valence-corrected chi connectivity index (χ4v) is 4.87. The Morgan fingerprint density at radius 3 is 2.72 bits per heavy atom. The highest BCUT2D eigenvalue weighted by Crippen LogP contribution is 2.36. The van der Waals surface area contributed by atoms with Gasteiger partial charge in [0.25, 0.3) is 0 Å². The molecular formula is C20H14Br2ClN3O2S. The van der Waals surface area contributed by atoms with E-state index in [4.69, 9.17) is 11.6 Å². The van der Waals surface area contributed by atoms with Gasteiger partial charge >= 0.3 is 0 Å². The first-order chi connectivity index (χ1) is 13.9. The molecule has 148 valence electrons. The summed E-state index contributed by atoms with van der Waals surface area (Å²) >= 11 is 14.0. The highest BCUT2D eigenvalue weighted by molar-refractivity contribution is 9.10. The lowest BCUT2D eigenvalue weighted by Gasteiger charge is -2.25. The molecule has 0 bridgehead atoms. The fourth-order valence-electron chi connectivity index (χ4n) is 2.86. The smallest absolute Gasteiger partial charge is 0.234 e. The fraction of sp³-hybridized carbons (Fsp3) is 0.150. The van der Waals surface area contributed by atoms with Gasteiger partial charge in [0.15, 0.2) is 0 Å². The number of hydrogen-bond acceptors (Lipinski definition) is 4. The Bertz CT molecular complexity index is 1050. The Balaban J connectivity index is 1.76. The second kappa shape index (κ2) is 9.81. The summed E-state index contributed by atoms with van der Waals surface area (Å²) in [5, 5.41) is 16.0. The van der Waals surface area contributed by atoms with Gasteiger partial charge in [-0.3, -0.25) is 9.59 Å². The van der Waals surface area contributed by atoms with Gasteiger partial charge in [-0.2, -0.15) is 5.26 Å². The van der Waals surface area contributed by atoms with Crippen LogP contribution in [0.4, 0.5) is 5.69 Å². The molecule has 0 spiro atoms. The van der Waals surface area contributed by atoms with Crippen molar-refractivity contribution in [2.75, 3.05) is 11.1 Å². The third-order valence-corrected chi connectivity index (χ3v) is 6.48. The molecule has 0 aromatic heterocycles. The molecule has 0 radical (unpaired) electrons. The van der Waals surface area contributed by atoms with Gasteiger partial charge in [-0.05, 0) is 35.9 Å². The van der Waals surface area contributed by atoms with Crippen molar-refractivity contribution in [2.24, 2.45) is 0 Å². The van der Waals surface area contributed by atoms with Crippen LogP contribution in [-0.2, 0) is 9.59 Å². The first-order valence-corrected chi connectivity index (χ1v) is 11.4. The second-order valence-corrected chi connectivity index (χ2v) is 9.40. The molecule has 1 heterocycles. The van der Waals surface area contributed by atoms with Gasteiger partial charge in [0, 0.05) is 21.3 Å². The largest absolute Gasteiger partial charge is 0.324 e. The summed E-state index contributed by atoms with van der Waals surface area (Å²) < 4.78 is 1.68. The van der Waals surface area contributed by atoms with Crippen LogP contribution in [0.2, 0.25) is 5.02 Å². The lowest BCUT2D eigenvalue weighted by atomic mass is 9.87. The summed E-state index contributed by atoms with van der Waals surface area (Å²) in [4.78, 5) is 24.6. The maximum atomic E-state index is 12.3. The van der Waals surface area contributed by atoms with Gasteiger partial charge in [-0.1, -0.05) is 67.4 Å². The van der Waals surface area contributed by atoms with Gasteiger partial charge in [0.05, 0.1) is 33.1 Å². The monoisotopic (exact) mass is 553 g/mol. The molecule has 1 aliphatic heterocycles. The third-order valence-electron chi connectivity index (χ3n) is 4.16. The average Bonchev–Trinajstić information content (AvgIpc) is 2.68. The molecule has 29 heavy (non-hydrogen) atoms. The number of anilines is 1. The van der Waals surface area contributed by atoms with E-state index in [0.717, 1.165) is 26.3 Å². The van der Waals surface area contributed by atoms with Crippen LogP contribution >= 0.6 is 55.2 Å². The van der Waals surface area contributed by atoms with E-state index in [9.17, 15) is 14.9 Å². The van der Waals surface area contributed by atoms with E-state index in [-0.39, 0.29) is 29.9 Å². The average molecular weight is 556 g/mol. The SMILES string of the molecule is N#CC1=C(SCC(=O)Nc2ccc(Br)cc2Cl)NC(=O)C[C@@H]1c1cccc(Br)c1. The zero-order valence-electron chi connectivity index (χ0n) is 14.8. The number of carbonyl (C=O) groups excluding carboxylic acids is 2. The van der Waals surface area contributed by atoms with Crippen molar-refractivity contribution >= 4 is 72.7 Å². The number of carbonyl (C=O) groups is 2. The maximum Gasteiger partial charge on any atom is 0.234 e. The van der Waals surface area contributed by atoms with Crippen LogP contribution in [0.1, 0.15) is 17.9 Å². The molecule has 2 aromatic carbocycles. The van der Waals surface area contributed by atoms with E-state index in [1.54, 1.807) is 18.2 Å². The van der Waals surface area contributed by atoms with Crippen LogP contribution in [0.25, 0.3) is 0 Å². The molecule has 5 nitrogen and oxygen atoms in total. The van der Waals surface area contributed by atoms with Gasteiger partial charge in [0.2, 0.25) is 11.8 Å². The van der Waals surface area contributed by atoms with Crippen molar-refractivity contribution in [1.29, 1.82) is 5.26 Å². The Kier molecular flexibility index (Phi) is 7.41. The summed E-state index contributed by atoms with van der Waals surface area (Å²) in [5.41, 5.74) is 1.81. The van der Waals surface area contributed by atoms with Crippen molar-refractivity contribution in [3.63, 3.8) is 0 Å². The van der Waals surface area contributed by atoms with Gasteiger partial charge in [0.1, 0.15) is 0 Å². The summed E-state index contributed by atoms with van der Waals surface area (Å²) in [6.07, 6.45) is 0.185. The maximum absolute atomic E-state index is 12.3. The van der Waals surface area contributed by atoms with Crippen molar-refractivity contribution < 1.29 is 9.59 Å². The standard InChI is InChI=1S/C20H14Br2ClN3O2S/c21-12-3-1-2-11(6-12)14-8-18(27)26-20(15(14)9-24)29-10-19(28)25-17-5-4-13(22)7-16(17)23/h1-7,14H,8,10H2,(H,25,28)(H,26,27)/t14-/m1/s1. The molecule has 2 N–H and O–H groups in total. The van der Waals surface area contributed by atoms with E-state index < -0.39 is 0 Å². The van der Waals surface area contributed by atoms with Crippen molar-refractivity contribution in [2.45, 2.75) is 12.3 Å². The van der Waals surface area contributed by atoms with Crippen LogP contribution in [0, 0.1) is 11.3 Å². The molecule has 1 aliphatic rings. The van der Waals surface area contributed by atoms with Crippen molar-refractivity contribution in [3.05, 3.63) is 72.6 Å². The molecule has 0 aliphatic carbocycles. The van der Waals surface area contributed by atoms with Gasteiger partial charge in [-0.15, -0.1) is 0 Å². The van der Waals surface area contributed by atoms with Crippen LogP contribution < -0.4 is 10.6 Å². The third kappa shape index (κ3) is 5.64. The first kappa shape index (κ1) is 21.9. The summed E-state index contributed by atoms with van der Waals surface area (Å²) in [7, 11) is 0. The minimum absolute atomic E-state index is 0.0262. The lowest BCUT2D eigenvalue weighted by molar-refractivity contribution is -0.121. The Morgan fingerprint density at radius 2 is 2.03 bits per heavy atom. The minimum Gasteiger partial charge on any atom is -0.324 e. The number of rotatable bonds is 5. The van der Waals surface area contributed by atoms with E-state index >= 15 is 0 Å². The molecule has 9 heteroatoms. The molecular weight excluding hydrogens is 542 g/mol. The highest BCUT2D eigenvalue weighted by atomic mass is 79.9. The Morgan fingerprint density at radius 1 is 1.28 bits per heavy atom. The normalized spacial score (nSPS) is 16.2. The number of nitrogens with zero attached hydrogens (tertiary/aromatic N) is 1. The number of thioether (sulfide) groups is 1. The van der Waals surface area contributed by atoms with E-state index in [1.165, 1.54) is 0 Å². The van der Waals surface area contributed by atoms with Crippen molar-refractivity contribution in [3.8, 4) is 6.07 Å². The van der Waals surface area contributed by atoms with Gasteiger partial charge in [-0.25, -0.2) is 0 Å². The van der Waals surface area contributed by atoms with E-state index in [2.05, 4.69) is 48.6 Å². The van der Waals surface area contributed by atoms with Crippen LogP contribution in [0.15, 0.2) is 62.0 Å². The number of allylic oxidation sites excluding steroid dienone is 1. The number of benzene rings is 2. The highest BCUT2D eigenvalue weighted by Gasteiger charge is 2.30. The molecule has 3 rings (SSSR count). The number of halogens is 3. The number of hydrogen-bond donors (Lipinski definition) is 2. The number of amides is 2. The molecule has 0 unspecified atom stereocenters. The number of nitrogens with one attached hydrogen (secondary N) is 2. The first-order valence-electron chi connectivity index (χ1n) is 8.44. The predicted molar refractivity (Wildman–Crippen MR) is 123 cm³/mol. The summed E-state index contributed by atoms with van der Waals surface area (Å²) in [5.74, 6) is -0.799. The molecule has 0 fully saturated rings. The predicted octanol–water partition coefficient (Wildman–Crippen LogP) is 5.58. The van der Waals surface area contributed by atoms with E-state index in [0.29, 0.717) is 21.3 Å². The zero-order valence-corrected chi connectivity index (χ0v) is 19.6. The Labute approximate surface area is 194 Å². The molecule has 2 aromatic rings. The second-order valence-electron chi connectivity index (χ2n) is 6.18. The van der Waals surface area contributed by atoms with Crippen molar-refractivity contribution in [1.82, 2.24) is 5.32 Å².